The SMILES string of the molecule is CCCC[C@H](NC(=O)CN(CC(=O)O)CC(=O)N[C@@H](CCCC)C(=O)OC)C(=O)OC. The van der Waals surface area contributed by atoms with Crippen molar-refractivity contribution in [2.45, 2.75) is 64.5 Å². The van der Waals surface area contributed by atoms with Gasteiger partial charge in [-0.3, -0.25) is 19.3 Å². The van der Waals surface area contributed by atoms with Crippen LogP contribution >= 0.6 is 0 Å². The van der Waals surface area contributed by atoms with Crippen LogP contribution in [0, 0.1) is 0 Å². The lowest BCUT2D eigenvalue weighted by Crippen LogP contribution is -2.50. The average molecular weight is 446 g/mol. The molecule has 2 amide bonds. The first kappa shape index (κ1) is 28.3. The van der Waals surface area contributed by atoms with Gasteiger partial charge in [0, 0.05) is 0 Å². The van der Waals surface area contributed by atoms with E-state index in [0.29, 0.717) is 25.7 Å². The quantitative estimate of drug-likeness (QED) is 0.280. The van der Waals surface area contributed by atoms with Gasteiger partial charge in [0.05, 0.1) is 33.9 Å². The fourth-order valence-electron chi connectivity index (χ4n) is 2.84. The van der Waals surface area contributed by atoms with E-state index in [9.17, 15) is 24.0 Å². The first-order valence-corrected chi connectivity index (χ1v) is 10.4. The number of hydrogen-bond acceptors (Lipinski definition) is 8. The molecule has 0 heterocycles. The molecule has 0 aliphatic rings. The maximum absolute atomic E-state index is 12.4. The standard InChI is InChI=1S/C20H35N3O8/c1-5-7-9-14(19(28)30-3)21-16(24)11-23(13-18(26)27)12-17(25)22-15(10-8-6-2)20(29)31-4/h14-15H,5-13H2,1-4H3,(H,21,24)(H,22,25)(H,26,27)/t14-,15-/m0/s1. The number of amides is 2. The predicted molar refractivity (Wildman–Crippen MR) is 111 cm³/mol. The van der Waals surface area contributed by atoms with Crippen LogP contribution in [0.2, 0.25) is 0 Å². The predicted octanol–water partition coefficient (Wildman–Crippen LogP) is 0.0690. The number of unbranched alkanes of at least 4 members (excludes halogenated alkanes) is 2. The van der Waals surface area contributed by atoms with E-state index >= 15 is 0 Å². The Kier molecular flexibility index (Phi) is 14.7. The van der Waals surface area contributed by atoms with Crippen molar-refractivity contribution in [3.05, 3.63) is 0 Å². The summed E-state index contributed by atoms with van der Waals surface area (Å²) < 4.78 is 9.37. The van der Waals surface area contributed by atoms with Crippen LogP contribution in [0.25, 0.3) is 0 Å². The van der Waals surface area contributed by atoms with E-state index in [1.165, 1.54) is 14.2 Å². The van der Waals surface area contributed by atoms with Gasteiger partial charge in [0.25, 0.3) is 0 Å². The number of carboxylic acid groups (broad SMARTS) is 1. The number of methoxy groups -OCH3 is 2. The Balaban J connectivity index is 5.05. The van der Waals surface area contributed by atoms with Crippen LogP contribution in [-0.4, -0.2) is 85.7 Å². The van der Waals surface area contributed by atoms with Gasteiger partial charge in [-0.1, -0.05) is 39.5 Å². The molecule has 0 aromatic carbocycles. The summed E-state index contributed by atoms with van der Waals surface area (Å²) >= 11 is 0. The number of carboxylic acids is 1. The molecule has 0 spiro atoms. The first-order chi connectivity index (χ1) is 14.7. The van der Waals surface area contributed by atoms with Crippen molar-refractivity contribution in [1.82, 2.24) is 15.5 Å². The van der Waals surface area contributed by atoms with Gasteiger partial charge in [-0.2, -0.15) is 0 Å². The molecule has 0 fully saturated rings. The van der Waals surface area contributed by atoms with E-state index in [1.807, 2.05) is 13.8 Å². The highest BCUT2D eigenvalue weighted by molar-refractivity contribution is 5.88. The zero-order valence-corrected chi connectivity index (χ0v) is 18.8. The maximum Gasteiger partial charge on any atom is 0.328 e. The fraction of sp³-hybridized carbons (Fsp3) is 0.750. The number of carbonyl (C=O) groups excluding carboxylic acids is 4. The van der Waals surface area contributed by atoms with E-state index < -0.39 is 61.4 Å². The lowest BCUT2D eigenvalue weighted by atomic mass is 10.1. The second-order valence-corrected chi connectivity index (χ2v) is 7.11. The molecule has 0 aromatic rings. The number of aliphatic carboxylic acids is 1. The van der Waals surface area contributed by atoms with Crippen molar-refractivity contribution >= 4 is 29.7 Å². The van der Waals surface area contributed by atoms with Crippen LogP contribution in [0.5, 0.6) is 0 Å². The minimum absolute atomic E-state index is 0.382. The maximum atomic E-state index is 12.4. The molecular formula is C20H35N3O8. The molecule has 2 atom stereocenters. The fourth-order valence-corrected chi connectivity index (χ4v) is 2.84. The Hall–Kier alpha value is -2.69. The third kappa shape index (κ3) is 12.6. The Labute approximate surface area is 182 Å². The molecule has 0 aliphatic carbocycles. The van der Waals surface area contributed by atoms with Crippen LogP contribution in [-0.2, 0) is 33.4 Å². The molecule has 3 N–H and O–H groups in total. The van der Waals surface area contributed by atoms with Gasteiger partial charge < -0.3 is 25.2 Å². The van der Waals surface area contributed by atoms with E-state index in [0.717, 1.165) is 17.7 Å². The van der Waals surface area contributed by atoms with E-state index in [2.05, 4.69) is 20.1 Å². The minimum atomic E-state index is -1.23. The third-order valence-corrected chi connectivity index (χ3v) is 4.43. The molecule has 0 saturated carbocycles. The van der Waals surface area contributed by atoms with Crippen LogP contribution in [0.1, 0.15) is 52.4 Å². The summed E-state index contributed by atoms with van der Waals surface area (Å²) in [5.74, 6) is -3.65. The van der Waals surface area contributed by atoms with E-state index in [1.54, 1.807) is 0 Å². The number of nitrogens with zero attached hydrogens (tertiary/aromatic N) is 1. The highest BCUT2D eigenvalue weighted by Crippen LogP contribution is 2.04. The Bertz CT molecular complexity index is 567. The molecule has 0 rings (SSSR count). The lowest BCUT2D eigenvalue weighted by Gasteiger charge is -2.23. The van der Waals surface area contributed by atoms with Crippen molar-refractivity contribution in [1.29, 1.82) is 0 Å². The van der Waals surface area contributed by atoms with Gasteiger partial charge in [-0.25, -0.2) is 9.59 Å². The summed E-state index contributed by atoms with van der Waals surface area (Å²) in [6.45, 7) is 2.46. The van der Waals surface area contributed by atoms with Gasteiger partial charge in [-0.15, -0.1) is 0 Å². The smallest absolute Gasteiger partial charge is 0.328 e. The molecule has 0 bridgehead atoms. The summed E-state index contributed by atoms with van der Waals surface area (Å²) in [7, 11) is 2.43. The summed E-state index contributed by atoms with van der Waals surface area (Å²) in [6.07, 6.45) is 3.77. The molecule has 31 heavy (non-hydrogen) atoms. The number of ether oxygens (including phenoxy) is 2. The van der Waals surface area contributed by atoms with Crippen molar-refractivity contribution in [2.75, 3.05) is 33.9 Å². The lowest BCUT2D eigenvalue weighted by molar-refractivity contribution is -0.146. The number of nitrogens with one attached hydrogen (secondary N) is 2. The molecule has 0 radical (unpaired) electrons. The van der Waals surface area contributed by atoms with Gasteiger partial charge in [0.15, 0.2) is 0 Å². The van der Waals surface area contributed by atoms with Crippen molar-refractivity contribution < 1.29 is 38.6 Å². The largest absolute Gasteiger partial charge is 0.480 e. The van der Waals surface area contributed by atoms with Crippen LogP contribution in [0.4, 0.5) is 0 Å². The summed E-state index contributed by atoms with van der Waals surface area (Å²) in [4.78, 5) is 60.7. The highest BCUT2D eigenvalue weighted by atomic mass is 16.5. The molecule has 0 saturated heterocycles. The third-order valence-electron chi connectivity index (χ3n) is 4.43. The number of rotatable bonds is 16. The minimum Gasteiger partial charge on any atom is -0.480 e. The monoisotopic (exact) mass is 445 g/mol. The molecule has 11 heteroatoms. The number of carbonyl (C=O) groups is 5. The summed E-state index contributed by atoms with van der Waals surface area (Å²) in [5.41, 5.74) is 0. The van der Waals surface area contributed by atoms with Crippen LogP contribution < -0.4 is 10.6 Å². The molecular weight excluding hydrogens is 410 g/mol. The Morgan fingerprint density at radius 1 is 0.774 bits per heavy atom. The molecule has 178 valence electrons. The van der Waals surface area contributed by atoms with E-state index in [4.69, 9.17) is 5.11 Å². The second-order valence-electron chi connectivity index (χ2n) is 7.11. The average Bonchev–Trinajstić information content (AvgIpc) is 2.72. The number of esters is 2. The van der Waals surface area contributed by atoms with Crippen molar-refractivity contribution in [3.8, 4) is 0 Å². The summed E-state index contributed by atoms with van der Waals surface area (Å²) in [5, 5.41) is 14.1. The molecule has 11 nitrogen and oxygen atoms in total. The normalized spacial score (nSPS) is 12.5. The van der Waals surface area contributed by atoms with Gasteiger partial charge in [0.2, 0.25) is 11.8 Å². The van der Waals surface area contributed by atoms with Gasteiger partial charge in [0.1, 0.15) is 12.1 Å². The Morgan fingerprint density at radius 2 is 1.16 bits per heavy atom. The summed E-state index contributed by atoms with van der Waals surface area (Å²) in [6, 6.07) is -1.70. The molecule has 0 unspecified atom stereocenters. The molecule has 0 aliphatic heterocycles. The van der Waals surface area contributed by atoms with Gasteiger partial charge >= 0.3 is 17.9 Å². The first-order valence-electron chi connectivity index (χ1n) is 10.4. The zero-order valence-electron chi connectivity index (χ0n) is 18.8. The van der Waals surface area contributed by atoms with Crippen LogP contribution in [0.15, 0.2) is 0 Å². The van der Waals surface area contributed by atoms with Crippen molar-refractivity contribution in [3.63, 3.8) is 0 Å². The van der Waals surface area contributed by atoms with Crippen molar-refractivity contribution in [2.24, 2.45) is 0 Å². The molecule has 0 aromatic heterocycles. The Morgan fingerprint density at radius 3 is 1.45 bits per heavy atom. The van der Waals surface area contributed by atoms with E-state index in [-0.39, 0.29) is 0 Å². The highest BCUT2D eigenvalue weighted by Gasteiger charge is 2.25. The second kappa shape index (κ2) is 16.1. The van der Waals surface area contributed by atoms with Crippen LogP contribution in [0.3, 0.4) is 0 Å². The zero-order chi connectivity index (χ0) is 23.8. The van der Waals surface area contributed by atoms with Gasteiger partial charge in [-0.05, 0) is 12.8 Å². The number of hydrogen-bond donors (Lipinski definition) is 3. The topological polar surface area (TPSA) is 151 Å².